The molecule has 1 aliphatic rings. The van der Waals surface area contributed by atoms with E-state index in [4.69, 9.17) is 11.6 Å². The van der Waals surface area contributed by atoms with Crippen LogP contribution in [0.5, 0.6) is 0 Å². The Bertz CT molecular complexity index is 862. The quantitative estimate of drug-likeness (QED) is 0.671. The Labute approximate surface area is 175 Å². The molecule has 0 bridgehead atoms. The maximum atomic E-state index is 13.3. The number of hydrogen-bond acceptors (Lipinski definition) is 3. The number of amides is 2. The van der Waals surface area contributed by atoms with E-state index in [0.717, 1.165) is 11.3 Å². The minimum absolute atomic E-state index is 0.0715. The van der Waals surface area contributed by atoms with Gasteiger partial charge in [-0.05, 0) is 55.4 Å². The van der Waals surface area contributed by atoms with Gasteiger partial charge in [0.15, 0.2) is 0 Å². The molecular weight excluding hydrogens is 390 g/mol. The van der Waals surface area contributed by atoms with Gasteiger partial charge < -0.3 is 5.11 Å². The van der Waals surface area contributed by atoms with Crippen LogP contribution in [0.2, 0.25) is 5.02 Å². The van der Waals surface area contributed by atoms with Crippen molar-refractivity contribution in [1.82, 2.24) is 4.98 Å². The molecule has 29 heavy (non-hydrogen) atoms. The van der Waals surface area contributed by atoms with Crippen molar-refractivity contribution in [2.24, 2.45) is 5.92 Å². The van der Waals surface area contributed by atoms with E-state index in [0.29, 0.717) is 36.5 Å². The zero-order chi connectivity index (χ0) is 21.0. The van der Waals surface area contributed by atoms with E-state index in [1.54, 1.807) is 17.0 Å². The lowest BCUT2D eigenvalue weighted by Gasteiger charge is -2.37. The normalized spacial score (nSPS) is 19.0. The predicted molar refractivity (Wildman–Crippen MR) is 115 cm³/mol. The van der Waals surface area contributed by atoms with Crippen LogP contribution in [0.15, 0.2) is 42.6 Å². The Morgan fingerprint density at radius 1 is 1.14 bits per heavy atom. The topological polar surface area (TPSA) is 82.5 Å². The van der Waals surface area contributed by atoms with Crippen LogP contribution in [0.3, 0.4) is 0 Å². The zero-order valence-corrected chi connectivity index (χ0v) is 17.4. The summed E-state index contributed by atoms with van der Waals surface area (Å²) < 4.78 is 0. The van der Waals surface area contributed by atoms with Gasteiger partial charge in [0, 0.05) is 17.9 Å². The van der Waals surface area contributed by atoms with Crippen LogP contribution in [-0.2, 0) is 4.79 Å². The summed E-state index contributed by atoms with van der Waals surface area (Å²) in [6.45, 7) is 4.19. The number of carboxylic acid groups (broad SMARTS) is 1. The Balaban J connectivity index is 1.90. The third-order valence-corrected chi connectivity index (χ3v) is 5.63. The molecule has 6 nitrogen and oxygen atoms in total. The second-order valence-corrected chi connectivity index (χ2v) is 8.16. The summed E-state index contributed by atoms with van der Waals surface area (Å²) in [4.78, 5) is 30.6. The van der Waals surface area contributed by atoms with Crippen molar-refractivity contribution in [2.45, 2.75) is 51.5 Å². The number of urea groups is 1. The van der Waals surface area contributed by atoms with Crippen LogP contribution in [0.4, 0.5) is 16.3 Å². The van der Waals surface area contributed by atoms with Crippen LogP contribution in [-0.4, -0.2) is 28.1 Å². The Morgan fingerprint density at radius 2 is 1.83 bits per heavy atom. The van der Waals surface area contributed by atoms with Crippen LogP contribution in [0.1, 0.15) is 51.0 Å². The number of aromatic nitrogens is 1. The van der Waals surface area contributed by atoms with Gasteiger partial charge in [0.25, 0.3) is 0 Å². The fourth-order valence-corrected chi connectivity index (χ4v) is 3.98. The average molecular weight is 416 g/mol. The maximum Gasteiger partial charge on any atom is 0.327 e. The Hall–Kier alpha value is -2.60. The first-order valence-corrected chi connectivity index (χ1v) is 10.3. The smallest absolute Gasteiger partial charge is 0.327 e. The molecule has 2 aromatic rings. The number of rotatable bonds is 5. The van der Waals surface area contributed by atoms with Gasteiger partial charge in [-0.3, -0.25) is 15.0 Å². The number of benzene rings is 1. The number of halogens is 1. The summed E-state index contributed by atoms with van der Waals surface area (Å²) in [7, 11) is 0. The molecule has 0 radical (unpaired) electrons. The minimum atomic E-state index is -0.757. The molecule has 1 fully saturated rings. The van der Waals surface area contributed by atoms with Crippen molar-refractivity contribution in [3.05, 3.63) is 53.2 Å². The summed E-state index contributed by atoms with van der Waals surface area (Å²) in [5, 5.41) is 12.7. The number of nitrogens with one attached hydrogen (secondary N) is 1. The van der Waals surface area contributed by atoms with Crippen molar-refractivity contribution in [3.63, 3.8) is 0 Å². The number of aliphatic carboxylic acids is 1. The number of carbonyl (C=O) groups excluding carboxylic acids is 1. The van der Waals surface area contributed by atoms with Gasteiger partial charge in [0.05, 0.1) is 10.9 Å². The third-order valence-electron chi connectivity index (χ3n) is 5.41. The number of pyridine rings is 1. The molecule has 2 amide bonds. The third kappa shape index (κ3) is 5.07. The number of carbonyl (C=O) groups is 2. The molecular formula is C22H26ClN3O3. The molecule has 2 N–H and O–H groups in total. The van der Waals surface area contributed by atoms with E-state index in [1.807, 2.05) is 24.3 Å². The van der Waals surface area contributed by atoms with E-state index in [9.17, 15) is 14.7 Å². The molecule has 1 aromatic carbocycles. The number of carboxylic acids is 1. The molecule has 1 aliphatic carbocycles. The van der Waals surface area contributed by atoms with E-state index >= 15 is 0 Å². The molecule has 1 heterocycles. The number of anilines is 2. The van der Waals surface area contributed by atoms with Crippen molar-refractivity contribution in [2.75, 3.05) is 10.2 Å². The lowest BCUT2D eigenvalue weighted by atomic mass is 9.85. The Morgan fingerprint density at radius 3 is 2.41 bits per heavy atom. The highest BCUT2D eigenvalue weighted by Gasteiger charge is 2.33. The van der Waals surface area contributed by atoms with Gasteiger partial charge in [0.2, 0.25) is 0 Å². The average Bonchev–Trinajstić information content (AvgIpc) is 2.70. The van der Waals surface area contributed by atoms with Crippen molar-refractivity contribution in [3.8, 4) is 0 Å². The summed E-state index contributed by atoms with van der Waals surface area (Å²) in [6, 6.07) is 10.9. The second kappa shape index (κ2) is 9.27. The van der Waals surface area contributed by atoms with Crippen LogP contribution < -0.4 is 10.2 Å². The molecule has 0 aliphatic heterocycles. The first kappa shape index (κ1) is 21.1. The maximum absolute atomic E-state index is 13.3. The van der Waals surface area contributed by atoms with Crippen molar-refractivity contribution < 1.29 is 14.7 Å². The monoisotopic (exact) mass is 415 g/mol. The summed E-state index contributed by atoms with van der Waals surface area (Å²) >= 11 is 5.89. The van der Waals surface area contributed by atoms with Crippen LogP contribution in [0, 0.1) is 5.92 Å². The summed E-state index contributed by atoms with van der Waals surface area (Å²) in [5.74, 6) is -0.432. The number of nitrogens with zero attached hydrogens (tertiary/aromatic N) is 2. The van der Waals surface area contributed by atoms with Gasteiger partial charge in [-0.15, -0.1) is 0 Å². The Kier molecular flexibility index (Phi) is 6.75. The van der Waals surface area contributed by atoms with E-state index < -0.39 is 5.97 Å². The molecule has 0 saturated heterocycles. The predicted octanol–water partition coefficient (Wildman–Crippen LogP) is 5.54. The molecule has 1 aromatic heterocycles. The van der Waals surface area contributed by atoms with Crippen molar-refractivity contribution >= 4 is 35.1 Å². The second-order valence-electron chi connectivity index (χ2n) is 7.72. The molecule has 0 unspecified atom stereocenters. The minimum Gasteiger partial charge on any atom is -0.481 e. The van der Waals surface area contributed by atoms with Crippen LogP contribution >= 0.6 is 11.6 Å². The first-order valence-electron chi connectivity index (χ1n) is 9.90. The highest BCUT2D eigenvalue weighted by molar-refractivity contribution is 6.30. The van der Waals surface area contributed by atoms with E-state index in [-0.39, 0.29) is 23.9 Å². The number of hydrogen-bond donors (Lipinski definition) is 2. The molecule has 0 atom stereocenters. The van der Waals surface area contributed by atoms with Gasteiger partial charge in [-0.25, -0.2) is 9.78 Å². The van der Waals surface area contributed by atoms with Gasteiger partial charge in [0.1, 0.15) is 5.82 Å². The highest BCUT2D eigenvalue weighted by atomic mass is 35.5. The number of para-hydroxylation sites is 1. The summed E-state index contributed by atoms with van der Waals surface area (Å²) in [5.41, 5.74) is 1.93. The van der Waals surface area contributed by atoms with E-state index in [1.165, 1.54) is 6.20 Å². The lowest BCUT2D eigenvalue weighted by molar-refractivity contribution is -0.142. The first-order chi connectivity index (χ1) is 13.9. The van der Waals surface area contributed by atoms with Gasteiger partial charge in [-0.1, -0.05) is 43.6 Å². The fourth-order valence-electron chi connectivity index (χ4n) is 3.87. The SMILES string of the molecule is CC(C)c1ccccc1N(C(=O)Nc1ccc(Cl)cn1)C1CCC(C(=O)O)CC1. The highest BCUT2D eigenvalue weighted by Crippen LogP contribution is 2.35. The molecule has 7 heteroatoms. The standard InChI is InChI=1S/C22H26ClN3O3/c1-14(2)18-5-3-4-6-19(18)26(17-10-7-15(8-11-17)21(27)28)22(29)25-20-12-9-16(23)13-24-20/h3-6,9,12-15,17H,7-8,10-11H2,1-2H3,(H,27,28)(H,24,25,29). The molecule has 154 valence electrons. The molecule has 1 saturated carbocycles. The molecule has 0 spiro atoms. The van der Waals surface area contributed by atoms with Crippen molar-refractivity contribution in [1.29, 1.82) is 0 Å². The van der Waals surface area contributed by atoms with Gasteiger partial charge in [-0.2, -0.15) is 0 Å². The summed E-state index contributed by atoms with van der Waals surface area (Å²) in [6.07, 6.45) is 3.90. The fraction of sp³-hybridized carbons (Fsp3) is 0.409. The van der Waals surface area contributed by atoms with Crippen LogP contribution in [0.25, 0.3) is 0 Å². The zero-order valence-electron chi connectivity index (χ0n) is 16.6. The lowest BCUT2D eigenvalue weighted by Crippen LogP contribution is -2.46. The molecule has 3 rings (SSSR count). The van der Waals surface area contributed by atoms with Gasteiger partial charge >= 0.3 is 12.0 Å². The largest absolute Gasteiger partial charge is 0.481 e. The van der Waals surface area contributed by atoms with E-state index in [2.05, 4.69) is 24.1 Å².